The van der Waals surface area contributed by atoms with Gasteiger partial charge in [0.2, 0.25) is 0 Å². The molecule has 1 atom stereocenters. The molecule has 1 aliphatic rings. The van der Waals surface area contributed by atoms with E-state index in [9.17, 15) is 18.0 Å². The van der Waals surface area contributed by atoms with Crippen molar-refractivity contribution >= 4 is 27.4 Å². The molecule has 7 heteroatoms. The van der Waals surface area contributed by atoms with E-state index in [2.05, 4.69) is 0 Å². The highest BCUT2D eigenvalue weighted by Crippen LogP contribution is 2.23. The molecule has 0 saturated heterocycles. The Morgan fingerprint density at radius 3 is 2.41 bits per heavy atom. The summed E-state index contributed by atoms with van der Waals surface area (Å²) in [5.74, 6) is -1.18. The molecular formula is C22H23NO5S. The summed E-state index contributed by atoms with van der Waals surface area (Å²) in [6.45, 7) is 3.50. The number of sulfone groups is 1. The highest BCUT2D eigenvalue weighted by Gasteiger charge is 2.31. The zero-order chi connectivity index (χ0) is 21.0. The lowest BCUT2D eigenvalue weighted by atomic mass is 10.0. The van der Waals surface area contributed by atoms with Crippen molar-refractivity contribution in [2.24, 2.45) is 0 Å². The van der Waals surface area contributed by atoms with Gasteiger partial charge in [0.15, 0.2) is 16.4 Å². The van der Waals surface area contributed by atoms with E-state index in [1.165, 1.54) is 11.0 Å². The summed E-state index contributed by atoms with van der Waals surface area (Å²) in [7, 11) is -3.34. The molecule has 2 aromatic carbocycles. The number of carbonyl (C=O) groups excluding carboxylic acids is 2. The fourth-order valence-corrected chi connectivity index (χ4v) is 4.44. The number of amides is 1. The molecular weight excluding hydrogens is 390 g/mol. The zero-order valence-electron chi connectivity index (χ0n) is 16.4. The second kappa shape index (κ2) is 8.61. The summed E-state index contributed by atoms with van der Waals surface area (Å²) in [6.07, 6.45) is 1.55. The molecule has 1 amide bonds. The number of rotatable bonds is 6. The maximum absolute atomic E-state index is 12.8. The van der Waals surface area contributed by atoms with Crippen molar-refractivity contribution in [2.45, 2.75) is 26.3 Å². The van der Waals surface area contributed by atoms with Gasteiger partial charge in [-0.15, -0.1) is 0 Å². The minimum atomic E-state index is -3.34. The van der Waals surface area contributed by atoms with Gasteiger partial charge in [0.1, 0.15) is 0 Å². The topological polar surface area (TPSA) is 80.8 Å². The maximum atomic E-state index is 12.8. The molecule has 1 aliphatic heterocycles. The number of para-hydroxylation sites is 1. The van der Waals surface area contributed by atoms with Gasteiger partial charge >= 0.3 is 5.97 Å². The molecule has 1 heterocycles. The highest BCUT2D eigenvalue weighted by atomic mass is 32.2. The second-order valence-electron chi connectivity index (χ2n) is 7.08. The van der Waals surface area contributed by atoms with Crippen LogP contribution in [0.4, 0.5) is 5.69 Å². The third-order valence-electron chi connectivity index (χ3n) is 4.82. The average Bonchev–Trinajstić information content (AvgIpc) is 3.03. The lowest BCUT2D eigenvalue weighted by Gasteiger charge is -2.27. The van der Waals surface area contributed by atoms with Crippen LogP contribution in [0.5, 0.6) is 0 Å². The van der Waals surface area contributed by atoms with Gasteiger partial charge < -0.3 is 9.64 Å². The van der Waals surface area contributed by atoms with Gasteiger partial charge in [-0.1, -0.05) is 36.4 Å². The number of ether oxygens (including phenoxy) is 1. The van der Waals surface area contributed by atoms with Gasteiger partial charge in [-0.05, 0) is 48.7 Å². The van der Waals surface area contributed by atoms with Gasteiger partial charge in [-0.25, -0.2) is 8.42 Å². The molecule has 2 aromatic rings. The Balaban J connectivity index is 1.67. The molecule has 0 fully saturated rings. The smallest absolute Gasteiger partial charge is 0.310 e. The van der Waals surface area contributed by atoms with Crippen LogP contribution in [0.15, 0.2) is 60.0 Å². The molecule has 0 N–H and O–H groups in total. The van der Waals surface area contributed by atoms with E-state index in [4.69, 9.17) is 4.74 Å². The fraction of sp³-hybridized carbons (Fsp3) is 0.273. The number of benzene rings is 2. The Hall–Kier alpha value is -2.93. The Bertz CT molecular complexity index is 1040. The van der Waals surface area contributed by atoms with Crippen molar-refractivity contribution in [2.75, 3.05) is 17.3 Å². The average molecular weight is 413 g/mol. The first-order chi connectivity index (χ1) is 13.7. The quantitative estimate of drug-likeness (QED) is 0.680. The first kappa shape index (κ1) is 20.8. The number of nitrogens with zero attached hydrogens (tertiary/aromatic N) is 1. The van der Waals surface area contributed by atoms with Gasteiger partial charge in [-0.2, -0.15) is 0 Å². The van der Waals surface area contributed by atoms with Crippen molar-refractivity contribution in [1.29, 1.82) is 0 Å². The van der Waals surface area contributed by atoms with E-state index >= 15 is 0 Å². The predicted octanol–water partition coefficient (Wildman–Crippen LogP) is 2.73. The van der Waals surface area contributed by atoms with Crippen molar-refractivity contribution < 1.29 is 22.7 Å². The zero-order valence-corrected chi connectivity index (χ0v) is 17.2. The van der Waals surface area contributed by atoms with Crippen LogP contribution in [0.1, 0.15) is 16.7 Å². The summed E-state index contributed by atoms with van der Waals surface area (Å²) >= 11 is 0. The second-order valence-corrected chi connectivity index (χ2v) is 9.01. The summed E-state index contributed by atoms with van der Waals surface area (Å²) in [6, 6.07) is 13.8. The highest BCUT2D eigenvalue weighted by molar-refractivity contribution is 7.94. The van der Waals surface area contributed by atoms with Gasteiger partial charge in [-0.3, -0.25) is 9.59 Å². The first-order valence-corrected chi connectivity index (χ1v) is 11.0. The largest absolute Gasteiger partial charge is 0.455 e. The van der Waals surface area contributed by atoms with Crippen molar-refractivity contribution in [1.82, 2.24) is 0 Å². The molecule has 0 spiro atoms. The van der Waals surface area contributed by atoms with Crippen LogP contribution in [0.25, 0.3) is 0 Å². The fourth-order valence-electron chi connectivity index (χ4n) is 3.17. The molecule has 0 aromatic heterocycles. The van der Waals surface area contributed by atoms with E-state index in [-0.39, 0.29) is 12.2 Å². The number of hydrogen-bond acceptors (Lipinski definition) is 5. The monoisotopic (exact) mass is 413 g/mol. The standard InChI is InChI=1S/C22H23NO5S/c1-16-8-9-18(12-17(16)2)13-22(25)28-14-21(24)23(19-6-4-3-5-7-19)20-10-11-29(26,27)15-20/h3-12,20H,13-15H2,1-2H3/t20-/m1/s1. The Kier molecular flexibility index (Phi) is 6.17. The van der Waals surface area contributed by atoms with E-state index in [1.807, 2.05) is 32.0 Å². The molecule has 152 valence electrons. The maximum Gasteiger partial charge on any atom is 0.310 e. The Morgan fingerprint density at radius 1 is 1.07 bits per heavy atom. The van der Waals surface area contributed by atoms with Gasteiger partial charge in [0.25, 0.3) is 5.91 Å². The molecule has 0 bridgehead atoms. The number of esters is 1. The van der Waals surface area contributed by atoms with Crippen LogP contribution in [0.3, 0.4) is 0 Å². The predicted molar refractivity (Wildman–Crippen MR) is 111 cm³/mol. The number of carbonyl (C=O) groups is 2. The molecule has 0 unspecified atom stereocenters. The molecule has 0 aliphatic carbocycles. The van der Waals surface area contributed by atoms with Crippen LogP contribution in [-0.2, 0) is 30.6 Å². The molecule has 0 radical (unpaired) electrons. The summed E-state index contributed by atoms with van der Waals surface area (Å²) in [5.41, 5.74) is 3.58. The lowest BCUT2D eigenvalue weighted by molar-refractivity contribution is -0.147. The Morgan fingerprint density at radius 2 is 1.79 bits per heavy atom. The number of aryl methyl sites for hydroxylation is 2. The number of anilines is 1. The van der Waals surface area contributed by atoms with Crippen molar-refractivity contribution in [3.8, 4) is 0 Å². The minimum absolute atomic E-state index is 0.0669. The summed E-state index contributed by atoms with van der Waals surface area (Å²) in [5, 5.41) is 1.12. The summed E-state index contributed by atoms with van der Waals surface area (Å²) in [4.78, 5) is 26.4. The van der Waals surface area contributed by atoms with Gasteiger partial charge in [0, 0.05) is 11.1 Å². The SMILES string of the molecule is Cc1ccc(CC(=O)OCC(=O)N(c2ccccc2)[C@@H]2C=CS(=O)(=O)C2)cc1C. The first-order valence-electron chi connectivity index (χ1n) is 9.25. The molecule has 29 heavy (non-hydrogen) atoms. The molecule has 3 rings (SSSR count). The van der Waals surface area contributed by atoms with E-state index in [0.717, 1.165) is 22.1 Å². The van der Waals surface area contributed by atoms with E-state index in [0.29, 0.717) is 5.69 Å². The minimum Gasteiger partial charge on any atom is -0.455 e. The third-order valence-corrected chi connectivity index (χ3v) is 6.20. The van der Waals surface area contributed by atoms with Crippen LogP contribution < -0.4 is 4.90 Å². The van der Waals surface area contributed by atoms with Crippen LogP contribution >= 0.6 is 0 Å². The van der Waals surface area contributed by atoms with Crippen LogP contribution in [0, 0.1) is 13.8 Å². The van der Waals surface area contributed by atoms with Crippen molar-refractivity contribution in [3.63, 3.8) is 0 Å². The van der Waals surface area contributed by atoms with E-state index < -0.39 is 34.4 Å². The van der Waals surface area contributed by atoms with Crippen LogP contribution in [-0.4, -0.2) is 38.7 Å². The van der Waals surface area contributed by atoms with Crippen LogP contribution in [0.2, 0.25) is 0 Å². The third kappa shape index (κ3) is 5.32. The summed E-state index contributed by atoms with van der Waals surface area (Å²) < 4.78 is 28.8. The normalized spacial score (nSPS) is 17.1. The lowest BCUT2D eigenvalue weighted by Crippen LogP contribution is -2.43. The van der Waals surface area contributed by atoms with Crippen molar-refractivity contribution in [3.05, 3.63) is 76.7 Å². The Labute approximate surface area is 170 Å². The van der Waals surface area contributed by atoms with Gasteiger partial charge in [0.05, 0.1) is 18.2 Å². The molecule has 6 nitrogen and oxygen atoms in total. The number of hydrogen-bond donors (Lipinski definition) is 0. The molecule has 0 saturated carbocycles. The van der Waals surface area contributed by atoms with E-state index in [1.54, 1.807) is 30.3 Å².